The van der Waals surface area contributed by atoms with Crippen molar-refractivity contribution in [3.8, 4) is 0 Å². The smallest absolute Gasteiger partial charge is 0.305 e. The van der Waals surface area contributed by atoms with Gasteiger partial charge in [0.05, 0.1) is 6.61 Å². The van der Waals surface area contributed by atoms with Gasteiger partial charge < -0.3 is 16.2 Å². The Bertz CT molecular complexity index is 235. The molecule has 4 N–H and O–H groups in total. The maximum Gasteiger partial charge on any atom is 0.305 e. The summed E-state index contributed by atoms with van der Waals surface area (Å²) in [5, 5.41) is 0. The third kappa shape index (κ3) is 15.6. The summed E-state index contributed by atoms with van der Waals surface area (Å²) in [7, 11) is 0. The molecule has 0 aromatic rings. The molecule has 4 nitrogen and oxygen atoms in total. The molecule has 4 heteroatoms. The van der Waals surface area contributed by atoms with Gasteiger partial charge in [0.25, 0.3) is 0 Å². The average molecular weight is 300 g/mol. The lowest BCUT2D eigenvalue weighted by atomic mass is 10.0. The topological polar surface area (TPSA) is 78.3 Å². The SMILES string of the molecule is CCCCCCCOC(=O)CCCC(N)CCCCCN. The number of carbonyl (C=O) groups excluding carboxylic acids is 1. The summed E-state index contributed by atoms with van der Waals surface area (Å²) in [6.45, 7) is 3.54. The number of esters is 1. The Hall–Kier alpha value is -0.610. The Morgan fingerprint density at radius 2 is 1.62 bits per heavy atom. The molecule has 0 heterocycles. The van der Waals surface area contributed by atoms with Crippen LogP contribution in [0.3, 0.4) is 0 Å². The summed E-state index contributed by atoms with van der Waals surface area (Å²) in [5.41, 5.74) is 11.5. The number of nitrogens with two attached hydrogens (primary N) is 2. The molecule has 0 bridgehead atoms. The Morgan fingerprint density at radius 3 is 2.33 bits per heavy atom. The van der Waals surface area contributed by atoms with Crippen molar-refractivity contribution in [1.29, 1.82) is 0 Å². The van der Waals surface area contributed by atoms with E-state index in [1.165, 1.54) is 19.3 Å². The molecule has 0 amide bonds. The first-order chi connectivity index (χ1) is 10.2. The summed E-state index contributed by atoms with van der Waals surface area (Å²) in [6.07, 6.45) is 12.6. The van der Waals surface area contributed by atoms with Gasteiger partial charge in [0.2, 0.25) is 0 Å². The van der Waals surface area contributed by atoms with Crippen LogP contribution in [-0.2, 0) is 9.53 Å². The van der Waals surface area contributed by atoms with Gasteiger partial charge in [0.15, 0.2) is 0 Å². The van der Waals surface area contributed by atoms with Crippen molar-refractivity contribution < 1.29 is 9.53 Å². The molecule has 0 aliphatic rings. The van der Waals surface area contributed by atoms with E-state index in [1.807, 2.05) is 0 Å². The van der Waals surface area contributed by atoms with Crippen LogP contribution in [0.25, 0.3) is 0 Å². The maximum atomic E-state index is 11.5. The van der Waals surface area contributed by atoms with Crippen LogP contribution in [0.1, 0.15) is 84.0 Å². The van der Waals surface area contributed by atoms with Gasteiger partial charge in [0.1, 0.15) is 0 Å². The highest BCUT2D eigenvalue weighted by molar-refractivity contribution is 5.69. The van der Waals surface area contributed by atoms with E-state index in [1.54, 1.807) is 0 Å². The summed E-state index contributed by atoms with van der Waals surface area (Å²) >= 11 is 0. The van der Waals surface area contributed by atoms with Crippen molar-refractivity contribution in [2.45, 2.75) is 90.0 Å². The summed E-state index contributed by atoms with van der Waals surface area (Å²) in [6, 6.07) is 0.213. The summed E-state index contributed by atoms with van der Waals surface area (Å²) < 4.78 is 5.22. The van der Waals surface area contributed by atoms with E-state index in [4.69, 9.17) is 16.2 Å². The zero-order chi connectivity index (χ0) is 15.8. The second kappa shape index (κ2) is 15.8. The maximum absolute atomic E-state index is 11.5. The normalized spacial score (nSPS) is 12.3. The van der Waals surface area contributed by atoms with E-state index in [-0.39, 0.29) is 12.0 Å². The van der Waals surface area contributed by atoms with Crippen LogP contribution < -0.4 is 11.5 Å². The highest BCUT2D eigenvalue weighted by Crippen LogP contribution is 2.09. The second-order valence-corrected chi connectivity index (χ2v) is 5.93. The summed E-state index contributed by atoms with van der Waals surface area (Å²) in [4.78, 5) is 11.5. The van der Waals surface area contributed by atoms with Gasteiger partial charge in [-0.25, -0.2) is 0 Å². The number of unbranched alkanes of at least 4 members (excludes halogenated alkanes) is 6. The molecule has 0 aliphatic heterocycles. The van der Waals surface area contributed by atoms with Crippen LogP contribution in [0.5, 0.6) is 0 Å². The fourth-order valence-electron chi connectivity index (χ4n) is 2.34. The quantitative estimate of drug-likeness (QED) is 0.358. The lowest BCUT2D eigenvalue weighted by molar-refractivity contribution is -0.143. The lowest BCUT2D eigenvalue weighted by Gasteiger charge is -2.11. The monoisotopic (exact) mass is 300 g/mol. The summed E-state index contributed by atoms with van der Waals surface area (Å²) in [5.74, 6) is -0.0687. The van der Waals surface area contributed by atoms with Crippen LogP contribution in [0, 0.1) is 0 Å². The minimum absolute atomic E-state index is 0.0687. The van der Waals surface area contributed by atoms with Crippen LogP contribution in [0.4, 0.5) is 0 Å². The van der Waals surface area contributed by atoms with Gasteiger partial charge in [-0.15, -0.1) is 0 Å². The van der Waals surface area contributed by atoms with E-state index in [0.717, 1.165) is 57.9 Å². The van der Waals surface area contributed by atoms with Crippen LogP contribution in [-0.4, -0.2) is 25.2 Å². The van der Waals surface area contributed by atoms with Gasteiger partial charge in [-0.1, -0.05) is 45.4 Å². The minimum Gasteiger partial charge on any atom is -0.466 e. The molecule has 0 rings (SSSR count). The van der Waals surface area contributed by atoms with Gasteiger partial charge in [0, 0.05) is 12.5 Å². The van der Waals surface area contributed by atoms with Crippen molar-refractivity contribution in [3.05, 3.63) is 0 Å². The van der Waals surface area contributed by atoms with Crippen LogP contribution in [0.2, 0.25) is 0 Å². The van der Waals surface area contributed by atoms with Gasteiger partial charge in [-0.3, -0.25) is 4.79 Å². The number of ether oxygens (including phenoxy) is 1. The lowest BCUT2D eigenvalue weighted by Crippen LogP contribution is -2.20. The molecule has 126 valence electrons. The molecule has 0 aromatic heterocycles. The molecular formula is C17H36N2O2. The molecular weight excluding hydrogens is 264 g/mol. The van der Waals surface area contributed by atoms with Crippen molar-refractivity contribution >= 4 is 5.97 Å². The van der Waals surface area contributed by atoms with Gasteiger partial charge >= 0.3 is 5.97 Å². The van der Waals surface area contributed by atoms with Crippen molar-refractivity contribution in [3.63, 3.8) is 0 Å². The molecule has 0 fully saturated rings. The fourth-order valence-corrected chi connectivity index (χ4v) is 2.34. The third-order valence-electron chi connectivity index (χ3n) is 3.75. The van der Waals surface area contributed by atoms with E-state index >= 15 is 0 Å². The van der Waals surface area contributed by atoms with Gasteiger partial charge in [-0.05, 0) is 38.6 Å². The molecule has 0 spiro atoms. The van der Waals surface area contributed by atoms with Crippen molar-refractivity contribution in [2.75, 3.05) is 13.2 Å². The zero-order valence-corrected chi connectivity index (χ0v) is 13.9. The minimum atomic E-state index is -0.0687. The molecule has 1 unspecified atom stereocenters. The van der Waals surface area contributed by atoms with Crippen LogP contribution in [0.15, 0.2) is 0 Å². The second-order valence-electron chi connectivity index (χ2n) is 5.93. The third-order valence-corrected chi connectivity index (χ3v) is 3.75. The molecule has 0 saturated carbocycles. The van der Waals surface area contributed by atoms with Gasteiger partial charge in [-0.2, -0.15) is 0 Å². The fraction of sp³-hybridized carbons (Fsp3) is 0.941. The first kappa shape index (κ1) is 20.4. The van der Waals surface area contributed by atoms with E-state index < -0.39 is 0 Å². The van der Waals surface area contributed by atoms with E-state index in [2.05, 4.69) is 6.92 Å². The Balaban J connectivity index is 3.32. The van der Waals surface area contributed by atoms with E-state index in [9.17, 15) is 4.79 Å². The molecule has 0 aromatic carbocycles. The highest BCUT2D eigenvalue weighted by Gasteiger charge is 2.06. The molecule has 1 atom stereocenters. The predicted molar refractivity (Wildman–Crippen MR) is 89.1 cm³/mol. The van der Waals surface area contributed by atoms with Crippen molar-refractivity contribution in [2.24, 2.45) is 11.5 Å². The Labute approximate surface area is 131 Å². The first-order valence-corrected chi connectivity index (χ1v) is 8.82. The Morgan fingerprint density at radius 1 is 0.952 bits per heavy atom. The number of rotatable bonds is 15. The predicted octanol–water partition coefficient (Wildman–Crippen LogP) is 3.52. The Kier molecular flexibility index (Phi) is 15.3. The molecule has 0 radical (unpaired) electrons. The zero-order valence-electron chi connectivity index (χ0n) is 13.9. The molecule has 21 heavy (non-hydrogen) atoms. The number of hydrogen-bond donors (Lipinski definition) is 2. The highest BCUT2D eigenvalue weighted by atomic mass is 16.5. The number of hydrogen-bond acceptors (Lipinski definition) is 4. The standard InChI is InChI=1S/C17H36N2O2/c1-2-3-4-5-9-15-21-17(20)13-10-12-16(19)11-7-6-8-14-18/h16H,2-15,18-19H2,1H3. The molecule has 0 aliphatic carbocycles. The van der Waals surface area contributed by atoms with Crippen molar-refractivity contribution in [1.82, 2.24) is 0 Å². The number of carbonyl (C=O) groups is 1. The van der Waals surface area contributed by atoms with E-state index in [0.29, 0.717) is 13.0 Å². The molecule has 0 saturated heterocycles. The largest absolute Gasteiger partial charge is 0.466 e. The van der Waals surface area contributed by atoms with Crippen LogP contribution >= 0.6 is 0 Å². The first-order valence-electron chi connectivity index (χ1n) is 8.82. The average Bonchev–Trinajstić information content (AvgIpc) is 2.47.